The molecule has 0 unspecified atom stereocenters. The number of ether oxygens (including phenoxy) is 1. The van der Waals surface area contributed by atoms with Gasteiger partial charge in [-0.2, -0.15) is 0 Å². The van der Waals surface area contributed by atoms with E-state index in [0.717, 1.165) is 25.1 Å². The molecule has 88 valence electrons. The molecule has 0 aromatic heterocycles. The lowest BCUT2D eigenvalue weighted by Crippen LogP contribution is -2.12. The van der Waals surface area contributed by atoms with Gasteiger partial charge in [0.1, 0.15) is 0 Å². The molecule has 0 amide bonds. The summed E-state index contributed by atoms with van der Waals surface area (Å²) in [7, 11) is 1.42. The van der Waals surface area contributed by atoms with Crippen LogP contribution in [-0.4, -0.2) is 26.2 Å². The molecule has 0 aliphatic carbocycles. The number of hydrogen-bond acceptors (Lipinski definition) is 3. The van der Waals surface area contributed by atoms with Gasteiger partial charge in [0.15, 0.2) is 0 Å². The van der Waals surface area contributed by atoms with Crippen molar-refractivity contribution in [2.45, 2.75) is 12.3 Å². The lowest BCUT2D eigenvalue weighted by atomic mass is 9.93. The zero-order valence-corrected chi connectivity index (χ0v) is 10.0. The third-order valence-electron chi connectivity index (χ3n) is 2.87. The van der Waals surface area contributed by atoms with Crippen molar-refractivity contribution in [1.29, 1.82) is 0 Å². The van der Waals surface area contributed by atoms with E-state index in [4.69, 9.17) is 4.74 Å². The molecule has 0 spiro atoms. The van der Waals surface area contributed by atoms with Crippen molar-refractivity contribution in [1.82, 2.24) is 5.32 Å². The summed E-state index contributed by atoms with van der Waals surface area (Å²) in [4.78, 5) is 11.5. The van der Waals surface area contributed by atoms with Gasteiger partial charge in [0, 0.05) is 6.54 Å². The number of nitrogens with one attached hydrogen (secondary N) is 1. The summed E-state index contributed by atoms with van der Waals surface area (Å²) in [6, 6.07) is 7.70. The van der Waals surface area contributed by atoms with Crippen LogP contribution in [0.1, 0.15) is 28.3 Å². The van der Waals surface area contributed by atoms with Gasteiger partial charge in [-0.25, -0.2) is 4.79 Å². The molecule has 16 heavy (non-hydrogen) atoms. The maximum absolute atomic E-state index is 11.5. The van der Waals surface area contributed by atoms with Gasteiger partial charge in [0.05, 0.1) is 12.7 Å². The molecule has 0 saturated carbocycles. The molecule has 1 fully saturated rings. The van der Waals surface area contributed by atoms with E-state index in [2.05, 4.69) is 5.32 Å². The Hall–Kier alpha value is -1.06. The second-order valence-corrected chi connectivity index (χ2v) is 3.77. The fourth-order valence-corrected chi connectivity index (χ4v) is 2.07. The lowest BCUT2D eigenvalue weighted by Gasteiger charge is -2.12. The number of benzene rings is 1. The third kappa shape index (κ3) is 2.54. The van der Waals surface area contributed by atoms with Crippen molar-refractivity contribution >= 4 is 18.4 Å². The average Bonchev–Trinajstić information content (AvgIpc) is 2.81. The first kappa shape index (κ1) is 13.0. The van der Waals surface area contributed by atoms with Crippen molar-refractivity contribution in [3.8, 4) is 0 Å². The van der Waals surface area contributed by atoms with Gasteiger partial charge in [-0.1, -0.05) is 18.2 Å². The minimum absolute atomic E-state index is 0. The van der Waals surface area contributed by atoms with E-state index in [-0.39, 0.29) is 18.4 Å². The first-order valence-corrected chi connectivity index (χ1v) is 5.21. The highest BCUT2D eigenvalue weighted by Crippen LogP contribution is 2.25. The van der Waals surface area contributed by atoms with Gasteiger partial charge in [0.25, 0.3) is 0 Å². The smallest absolute Gasteiger partial charge is 0.338 e. The Balaban J connectivity index is 0.00000128. The first-order chi connectivity index (χ1) is 7.33. The van der Waals surface area contributed by atoms with E-state index in [1.807, 2.05) is 24.3 Å². The molecule has 1 aromatic rings. The van der Waals surface area contributed by atoms with E-state index >= 15 is 0 Å². The zero-order valence-electron chi connectivity index (χ0n) is 9.23. The molecule has 1 heterocycles. The van der Waals surface area contributed by atoms with Gasteiger partial charge < -0.3 is 10.1 Å². The predicted octanol–water partition coefficient (Wildman–Crippen LogP) is 1.97. The summed E-state index contributed by atoms with van der Waals surface area (Å²) >= 11 is 0. The zero-order chi connectivity index (χ0) is 10.7. The summed E-state index contributed by atoms with van der Waals surface area (Å²) < 4.78 is 4.78. The van der Waals surface area contributed by atoms with Crippen molar-refractivity contribution in [2.24, 2.45) is 0 Å². The highest BCUT2D eigenvalue weighted by molar-refractivity contribution is 5.91. The van der Waals surface area contributed by atoms with Crippen molar-refractivity contribution < 1.29 is 9.53 Å². The number of carbonyl (C=O) groups is 1. The van der Waals surface area contributed by atoms with Crippen LogP contribution in [-0.2, 0) is 4.74 Å². The largest absolute Gasteiger partial charge is 0.465 e. The molecular weight excluding hydrogens is 226 g/mol. The molecule has 1 aromatic carbocycles. The molecule has 1 atom stereocenters. The van der Waals surface area contributed by atoms with Crippen LogP contribution < -0.4 is 5.32 Å². The Bertz CT molecular complexity index is 362. The molecule has 0 radical (unpaired) electrons. The van der Waals surface area contributed by atoms with Crippen LogP contribution in [0.25, 0.3) is 0 Å². The van der Waals surface area contributed by atoms with Gasteiger partial charge >= 0.3 is 5.97 Å². The topological polar surface area (TPSA) is 38.3 Å². The molecule has 1 N–H and O–H groups in total. The SMILES string of the molecule is COC(=O)c1ccccc1[C@H]1CCNC1.Cl. The van der Waals surface area contributed by atoms with Crippen molar-refractivity contribution in [3.05, 3.63) is 35.4 Å². The minimum Gasteiger partial charge on any atom is -0.465 e. The molecule has 1 saturated heterocycles. The van der Waals surface area contributed by atoms with Crippen molar-refractivity contribution in [3.63, 3.8) is 0 Å². The Morgan fingerprint density at radius 1 is 1.44 bits per heavy atom. The summed E-state index contributed by atoms with van der Waals surface area (Å²) in [6.45, 7) is 1.98. The van der Waals surface area contributed by atoms with E-state index in [0.29, 0.717) is 11.5 Å². The highest BCUT2D eigenvalue weighted by Gasteiger charge is 2.21. The molecular formula is C12H16ClNO2. The summed E-state index contributed by atoms with van der Waals surface area (Å²) in [5.41, 5.74) is 1.81. The summed E-state index contributed by atoms with van der Waals surface area (Å²) in [5.74, 6) is 0.206. The monoisotopic (exact) mass is 241 g/mol. The standard InChI is InChI=1S/C12H15NO2.ClH/c1-15-12(14)11-5-3-2-4-10(11)9-6-7-13-8-9;/h2-5,9,13H,6-8H2,1H3;1H/t9-;/m0./s1. The minimum atomic E-state index is -0.238. The van der Waals surface area contributed by atoms with Crippen LogP contribution >= 0.6 is 12.4 Å². The Labute approximate surface area is 102 Å². The first-order valence-electron chi connectivity index (χ1n) is 5.21. The summed E-state index contributed by atoms with van der Waals surface area (Å²) in [6.07, 6.45) is 1.09. The van der Waals surface area contributed by atoms with Crippen LogP contribution in [0.3, 0.4) is 0 Å². The van der Waals surface area contributed by atoms with Gasteiger partial charge in [-0.3, -0.25) is 0 Å². The Kier molecular flexibility index (Phi) is 4.77. The normalized spacial score (nSPS) is 18.9. The molecule has 1 aliphatic heterocycles. The average molecular weight is 242 g/mol. The number of carbonyl (C=O) groups excluding carboxylic acids is 1. The van der Waals surface area contributed by atoms with E-state index in [1.54, 1.807) is 0 Å². The lowest BCUT2D eigenvalue weighted by molar-refractivity contribution is 0.0599. The van der Waals surface area contributed by atoms with Crippen molar-refractivity contribution in [2.75, 3.05) is 20.2 Å². The highest BCUT2D eigenvalue weighted by atomic mass is 35.5. The quantitative estimate of drug-likeness (QED) is 0.805. The van der Waals surface area contributed by atoms with Crippen LogP contribution in [0.4, 0.5) is 0 Å². The molecule has 2 rings (SSSR count). The van der Waals surface area contributed by atoms with E-state index < -0.39 is 0 Å². The Morgan fingerprint density at radius 3 is 2.81 bits per heavy atom. The van der Waals surface area contributed by atoms with Gasteiger partial charge in [-0.15, -0.1) is 12.4 Å². The number of esters is 1. The predicted molar refractivity (Wildman–Crippen MR) is 65.3 cm³/mol. The molecule has 0 bridgehead atoms. The van der Waals surface area contributed by atoms with Crippen LogP contribution in [0, 0.1) is 0 Å². The number of halogens is 1. The Morgan fingerprint density at radius 2 is 2.19 bits per heavy atom. The third-order valence-corrected chi connectivity index (χ3v) is 2.87. The molecule has 1 aliphatic rings. The number of rotatable bonds is 2. The fraction of sp³-hybridized carbons (Fsp3) is 0.417. The van der Waals surface area contributed by atoms with E-state index in [1.165, 1.54) is 7.11 Å². The molecule has 3 nitrogen and oxygen atoms in total. The molecule has 4 heteroatoms. The fourth-order valence-electron chi connectivity index (χ4n) is 2.07. The van der Waals surface area contributed by atoms with Crippen LogP contribution in [0.2, 0.25) is 0 Å². The van der Waals surface area contributed by atoms with Gasteiger partial charge in [-0.05, 0) is 30.5 Å². The maximum Gasteiger partial charge on any atom is 0.338 e. The van der Waals surface area contributed by atoms with Crippen LogP contribution in [0.15, 0.2) is 24.3 Å². The van der Waals surface area contributed by atoms with Gasteiger partial charge in [0.2, 0.25) is 0 Å². The second kappa shape index (κ2) is 5.87. The number of methoxy groups -OCH3 is 1. The van der Waals surface area contributed by atoms with Crippen LogP contribution in [0.5, 0.6) is 0 Å². The second-order valence-electron chi connectivity index (χ2n) is 3.77. The number of hydrogen-bond donors (Lipinski definition) is 1. The van der Waals surface area contributed by atoms with E-state index in [9.17, 15) is 4.79 Å². The summed E-state index contributed by atoms with van der Waals surface area (Å²) in [5, 5.41) is 3.30. The maximum atomic E-state index is 11.5.